The van der Waals surface area contributed by atoms with Crippen LogP contribution >= 0.6 is 11.8 Å². The average Bonchev–Trinajstić information content (AvgIpc) is 2.42. The lowest BCUT2D eigenvalue weighted by Gasteiger charge is -2.27. The summed E-state index contributed by atoms with van der Waals surface area (Å²) >= 11 is 1.27. The molecule has 1 atom stereocenters. The fourth-order valence-electron chi connectivity index (χ4n) is 2.85. The van der Waals surface area contributed by atoms with Gasteiger partial charge in [-0.1, -0.05) is 17.8 Å². The molecule has 0 heterocycles. The summed E-state index contributed by atoms with van der Waals surface area (Å²) in [6, 6.07) is 6.21. The number of thioether (sulfide) groups is 1. The number of amides is 1. The molecule has 0 spiro atoms. The van der Waals surface area contributed by atoms with Crippen molar-refractivity contribution in [3.63, 3.8) is 0 Å². The third-order valence-electron chi connectivity index (χ3n) is 3.71. The molecule has 0 aromatic heterocycles. The Balaban J connectivity index is 2.01. The highest BCUT2D eigenvalue weighted by Crippen LogP contribution is 2.34. The minimum atomic E-state index is -0.479. The fourth-order valence-corrected chi connectivity index (χ4v) is 3.52. The molecule has 5 heteroatoms. The van der Waals surface area contributed by atoms with Gasteiger partial charge < -0.3 is 10.1 Å². The number of rotatable bonds is 3. The SMILES string of the molecule is CC(=O)Sc1ccc2c(c1)CCC[C@H]2CNC(=O)OC(C)(C)C. The van der Waals surface area contributed by atoms with Crippen LogP contribution in [0.1, 0.15) is 57.6 Å². The molecule has 1 aromatic rings. The molecule has 0 bridgehead atoms. The van der Waals surface area contributed by atoms with Crippen molar-refractivity contribution in [2.45, 2.75) is 63.4 Å². The van der Waals surface area contributed by atoms with Gasteiger partial charge in [0.2, 0.25) is 0 Å². The van der Waals surface area contributed by atoms with Crippen LogP contribution in [-0.4, -0.2) is 23.4 Å². The van der Waals surface area contributed by atoms with Crippen LogP contribution in [-0.2, 0) is 16.0 Å². The molecule has 1 aliphatic carbocycles. The second kappa shape index (κ2) is 7.39. The summed E-state index contributed by atoms with van der Waals surface area (Å²) in [4.78, 5) is 24.1. The van der Waals surface area contributed by atoms with Gasteiger partial charge in [-0.2, -0.15) is 0 Å². The summed E-state index contributed by atoms with van der Waals surface area (Å²) in [7, 11) is 0. The van der Waals surface area contributed by atoms with Crippen molar-refractivity contribution < 1.29 is 14.3 Å². The molecule has 1 aliphatic rings. The predicted molar refractivity (Wildman–Crippen MR) is 92.9 cm³/mol. The summed E-state index contributed by atoms with van der Waals surface area (Å²) in [6.07, 6.45) is 2.82. The molecule has 0 saturated heterocycles. The van der Waals surface area contributed by atoms with Crippen molar-refractivity contribution in [1.82, 2.24) is 5.32 Å². The Morgan fingerprint density at radius 2 is 2.09 bits per heavy atom. The van der Waals surface area contributed by atoms with Gasteiger partial charge in [-0.05, 0) is 63.3 Å². The molecule has 0 unspecified atom stereocenters. The number of benzene rings is 1. The van der Waals surface area contributed by atoms with Gasteiger partial charge in [-0.25, -0.2) is 4.79 Å². The highest BCUT2D eigenvalue weighted by atomic mass is 32.2. The third-order valence-corrected chi connectivity index (χ3v) is 4.48. The number of nitrogens with one attached hydrogen (secondary N) is 1. The molecule has 1 N–H and O–H groups in total. The van der Waals surface area contributed by atoms with Crippen LogP contribution in [0.5, 0.6) is 0 Å². The minimum Gasteiger partial charge on any atom is -0.444 e. The summed E-state index contributed by atoms with van der Waals surface area (Å²) in [5, 5.41) is 2.98. The first-order chi connectivity index (χ1) is 10.7. The normalized spacial score (nSPS) is 17.3. The van der Waals surface area contributed by atoms with Gasteiger partial charge in [-0.15, -0.1) is 0 Å². The summed E-state index contributed by atoms with van der Waals surface area (Å²) < 4.78 is 5.29. The Morgan fingerprint density at radius 1 is 1.35 bits per heavy atom. The van der Waals surface area contributed by atoms with Crippen LogP contribution in [0.15, 0.2) is 23.1 Å². The molecule has 0 radical (unpaired) electrons. The van der Waals surface area contributed by atoms with Crippen LogP contribution in [0.2, 0.25) is 0 Å². The maximum atomic E-state index is 11.8. The number of fused-ring (bicyclic) bond motifs is 1. The van der Waals surface area contributed by atoms with Crippen LogP contribution in [0.4, 0.5) is 4.79 Å². The van der Waals surface area contributed by atoms with Crippen LogP contribution in [0, 0.1) is 0 Å². The van der Waals surface area contributed by atoms with Gasteiger partial charge in [0.25, 0.3) is 0 Å². The maximum absolute atomic E-state index is 11.8. The van der Waals surface area contributed by atoms with E-state index in [-0.39, 0.29) is 11.2 Å². The van der Waals surface area contributed by atoms with Gasteiger partial charge in [0.05, 0.1) is 0 Å². The van der Waals surface area contributed by atoms with E-state index in [1.165, 1.54) is 22.9 Å². The highest BCUT2D eigenvalue weighted by molar-refractivity contribution is 8.13. The second-order valence-corrected chi connectivity index (χ2v) is 8.18. The lowest BCUT2D eigenvalue weighted by molar-refractivity contribution is -0.109. The average molecular weight is 335 g/mol. The number of ether oxygens (including phenoxy) is 1. The maximum Gasteiger partial charge on any atom is 0.407 e. The van der Waals surface area contributed by atoms with E-state index < -0.39 is 5.60 Å². The molecule has 0 fully saturated rings. The first-order valence-corrected chi connectivity index (χ1v) is 8.84. The number of aryl methyl sites for hydroxylation is 1. The highest BCUT2D eigenvalue weighted by Gasteiger charge is 2.22. The Hall–Kier alpha value is -1.49. The van der Waals surface area contributed by atoms with E-state index in [1.54, 1.807) is 6.92 Å². The van der Waals surface area contributed by atoms with E-state index in [1.807, 2.05) is 26.8 Å². The third kappa shape index (κ3) is 5.57. The molecule has 126 valence electrons. The Bertz CT molecular complexity index is 592. The number of hydrogen-bond acceptors (Lipinski definition) is 4. The first kappa shape index (κ1) is 17.9. The summed E-state index contributed by atoms with van der Waals surface area (Å²) in [5.74, 6) is 0.308. The zero-order valence-electron chi connectivity index (χ0n) is 14.3. The lowest BCUT2D eigenvalue weighted by Crippen LogP contribution is -2.35. The molecule has 0 saturated carbocycles. The monoisotopic (exact) mass is 335 g/mol. The van der Waals surface area contributed by atoms with Crippen molar-refractivity contribution in [3.05, 3.63) is 29.3 Å². The smallest absolute Gasteiger partial charge is 0.407 e. The van der Waals surface area contributed by atoms with Gasteiger partial charge in [-0.3, -0.25) is 4.79 Å². The topological polar surface area (TPSA) is 55.4 Å². The van der Waals surface area contributed by atoms with Crippen molar-refractivity contribution >= 4 is 23.0 Å². The van der Waals surface area contributed by atoms with Gasteiger partial charge in [0, 0.05) is 24.3 Å². The first-order valence-electron chi connectivity index (χ1n) is 8.03. The molecular weight excluding hydrogens is 310 g/mol. The van der Waals surface area contributed by atoms with Crippen molar-refractivity contribution in [3.8, 4) is 0 Å². The molecule has 23 heavy (non-hydrogen) atoms. The molecule has 1 amide bonds. The largest absolute Gasteiger partial charge is 0.444 e. The van der Waals surface area contributed by atoms with E-state index in [2.05, 4.69) is 17.4 Å². The van der Waals surface area contributed by atoms with Crippen molar-refractivity contribution in [2.24, 2.45) is 0 Å². The van der Waals surface area contributed by atoms with Gasteiger partial charge >= 0.3 is 6.09 Å². The number of alkyl carbamates (subject to hydrolysis) is 1. The molecule has 2 rings (SSSR count). The molecule has 0 aliphatic heterocycles. The van der Waals surface area contributed by atoms with Gasteiger partial charge in [0.1, 0.15) is 5.60 Å². The Morgan fingerprint density at radius 3 is 2.74 bits per heavy atom. The Labute approximate surface area is 142 Å². The molecule has 4 nitrogen and oxygen atoms in total. The van der Waals surface area contributed by atoms with Crippen LogP contribution in [0.3, 0.4) is 0 Å². The quantitative estimate of drug-likeness (QED) is 0.838. The number of hydrogen-bond donors (Lipinski definition) is 1. The molecular formula is C18H25NO3S. The Kier molecular flexibility index (Phi) is 5.74. The van der Waals surface area contributed by atoms with E-state index in [0.29, 0.717) is 12.5 Å². The van der Waals surface area contributed by atoms with Crippen molar-refractivity contribution in [1.29, 1.82) is 0 Å². The lowest BCUT2D eigenvalue weighted by atomic mass is 9.83. The van der Waals surface area contributed by atoms with Crippen molar-refractivity contribution in [2.75, 3.05) is 6.54 Å². The molecule has 1 aromatic carbocycles. The van der Waals surface area contributed by atoms with Gasteiger partial charge in [0.15, 0.2) is 5.12 Å². The van der Waals surface area contributed by atoms with Crippen LogP contribution < -0.4 is 5.32 Å². The van der Waals surface area contributed by atoms with E-state index in [0.717, 1.165) is 24.2 Å². The van der Waals surface area contributed by atoms with E-state index >= 15 is 0 Å². The summed E-state index contributed by atoms with van der Waals surface area (Å²) in [5.41, 5.74) is 2.09. The van der Waals surface area contributed by atoms with E-state index in [4.69, 9.17) is 4.74 Å². The van der Waals surface area contributed by atoms with Crippen LogP contribution in [0.25, 0.3) is 0 Å². The number of carbonyl (C=O) groups excluding carboxylic acids is 2. The standard InChI is InChI=1S/C18H25NO3S/c1-12(20)23-15-8-9-16-13(10-15)6-5-7-14(16)11-19-17(21)22-18(2,3)4/h8-10,14H,5-7,11H2,1-4H3,(H,19,21)/t14-/m0/s1. The summed E-state index contributed by atoms with van der Waals surface area (Å²) in [6.45, 7) is 7.74. The number of carbonyl (C=O) groups is 2. The second-order valence-electron chi connectivity index (χ2n) is 6.93. The fraction of sp³-hybridized carbons (Fsp3) is 0.556. The zero-order chi connectivity index (χ0) is 17.0. The van der Waals surface area contributed by atoms with E-state index in [9.17, 15) is 9.59 Å². The minimum absolute atomic E-state index is 0.101. The zero-order valence-corrected chi connectivity index (χ0v) is 15.1. The predicted octanol–water partition coefficient (Wildman–Crippen LogP) is 4.27.